The Morgan fingerprint density at radius 1 is 0.783 bits per heavy atom. The van der Waals surface area contributed by atoms with Gasteiger partial charge in [0.25, 0.3) is 5.91 Å². The fourth-order valence-electron chi connectivity index (χ4n) is 6.55. The summed E-state index contributed by atoms with van der Waals surface area (Å²) in [5, 5.41) is 8.02. The number of carbonyl (C=O) groups is 1. The van der Waals surface area contributed by atoms with Crippen molar-refractivity contribution in [2.24, 2.45) is 0 Å². The van der Waals surface area contributed by atoms with Crippen molar-refractivity contribution in [2.75, 3.05) is 36.8 Å². The first-order chi connectivity index (χ1) is 22.5. The van der Waals surface area contributed by atoms with E-state index in [-0.39, 0.29) is 5.91 Å². The Labute approximate surface area is 274 Å². The number of rotatable bonds is 9. The van der Waals surface area contributed by atoms with Crippen molar-refractivity contribution in [3.8, 4) is 11.1 Å². The van der Waals surface area contributed by atoms with Crippen molar-refractivity contribution in [2.45, 2.75) is 45.7 Å². The fourth-order valence-corrected chi connectivity index (χ4v) is 6.82. The summed E-state index contributed by atoms with van der Waals surface area (Å²) in [6.07, 6.45) is 10.6. The predicted molar refractivity (Wildman–Crippen MR) is 186 cm³/mol. The molecule has 0 radical (unpaired) electrons. The van der Waals surface area contributed by atoms with E-state index in [9.17, 15) is 4.79 Å². The third-order valence-corrected chi connectivity index (χ3v) is 9.45. The molecular weight excluding hydrogens is 594 g/mol. The summed E-state index contributed by atoms with van der Waals surface area (Å²) >= 11 is 6.95. The molecule has 2 aliphatic rings. The van der Waals surface area contributed by atoms with Crippen LogP contribution < -0.4 is 10.6 Å². The number of halogens is 1. The second-order valence-corrected chi connectivity index (χ2v) is 12.7. The van der Waals surface area contributed by atoms with Crippen LogP contribution in [-0.4, -0.2) is 56.8 Å². The van der Waals surface area contributed by atoms with E-state index < -0.39 is 0 Å². The van der Waals surface area contributed by atoms with E-state index in [0.717, 1.165) is 78.1 Å². The van der Waals surface area contributed by atoms with Crippen molar-refractivity contribution in [3.05, 3.63) is 107 Å². The number of carbonyl (C=O) groups excluding carboxylic acids is 1. The zero-order chi connectivity index (χ0) is 31.5. The lowest BCUT2D eigenvalue weighted by Gasteiger charge is -2.17. The number of nitrogens with one attached hydrogen (secondary N) is 2. The van der Waals surface area contributed by atoms with Gasteiger partial charge in [0.05, 0.1) is 10.7 Å². The third kappa shape index (κ3) is 6.60. The molecule has 0 saturated carbocycles. The van der Waals surface area contributed by atoms with Crippen LogP contribution in [0.3, 0.4) is 0 Å². The number of fused-ring (bicyclic) bond motifs is 1. The van der Waals surface area contributed by atoms with Crippen molar-refractivity contribution >= 4 is 45.6 Å². The van der Waals surface area contributed by atoms with Gasteiger partial charge in [-0.05, 0) is 111 Å². The molecule has 2 N–H and O–H groups in total. The number of aromatic nitrogens is 3. The molecule has 234 valence electrons. The van der Waals surface area contributed by atoms with E-state index in [0.29, 0.717) is 22.2 Å². The Morgan fingerprint density at radius 2 is 1.46 bits per heavy atom. The molecule has 0 unspecified atom stereocenters. The Kier molecular flexibility index (Phi) is 8.92. The van der Waals surface area contributed by atoms with Crippen LogP contribution in [0.2, 0.25) is 5.02 Å². The zero-order valence-corrected chi connectivity index (χ0v) is 26.9. The van der Waals surface area contributed by atoms with Gasteiger partial charge in [-0.3, -0.25) is 24.6 Å². The van der Waals surface area contributed by atoms with Gasteiger partial charge in [-0.1, -0.05) is 41.9 Å². The summed E-state index contributed by atoms with van der Waals surface area (Å²) in [5.41, 5.74) is 7.75. The van der Waals surface area contributed by atoms with Crippen LogP contribution in [0, 0.1) is 6.92 Å². The van der Waals surface area contributed by atoms with Gasteiger partial charge in [0, 0.05) is 48.3 Å². The average molecular weight is 632 g/mol. The number of hydrogen-bond acceptors (Lipinski definition) is 7. The Hall–Kier alpha value is -4.37. The van der Waals surface area contributed by atoms with Crippen LogP contribution >= 0.6 is 11.6 Å². The molecule has 0 spiro atoms. The third-order valence-electron chi connectivity index (χ3n) is 9.05. The Morgan fingerprint density at radius 3 is 2.17 bits per heavy atom. The maximum Gasteiger partial charge on any atom is 0.274 e. The van der Waals surface area contributed by atoms with Crippen LogP contribution in [0.5, 0.6) is 0 Å². The molecule has 5 aromatic rings. The quantitative estimate of drug-likeness (QED) is 0.171. The van der Waals surface area contributed by atoms with Gasteiger partial charge in [0.15, 0.2) is 5.82 Å². The molecule has 2 aromatic carbocycles. The minimum Gasteiger partial charge on any atom is -0.338 e. The summed E-state index contributed by atoms with van der Waals surface area (Å²) in [5.74, 6) is 0.411. The second-order valence-electron chi connectivity index (χ2n) is 12.3. The van der Waals surface area contributed by atoms with Gasteiger partial charge in [-0.2, -0.15) is 0 Å². The van der Waals surface area contributed by atoms with Crippen LogP contribution in [0.15, 0.2) is 79.3 Å². The minimum absolute atomic E-state index is 0.294. The summed E-state index contributed by atoms with van der Waals surface area (Å²) < 4.78 is 0. The molecule has 2 fully saturated rings. The molecule has 0 aliphatic carbocycles. The highest BCUT2D eigenvalue weighted by atomic mass is 35.5. The molecule has 2 aliphatic heterocycles. The maximum atomic E-state index is 13.1. The first-order valence-electron chi connectivity index (χ1n) is 16.1. The molecule has 0 bridgehead atoms. The number of likely N-dealkylation sites (tertiary alicyclic amines) is 2. The Balaban J connectivity index is 1.09. The van der Waals surface area contributed by atoms with Crippen molar-refractivity contribution in [1.82, 2.24) is 24.8 Å². The van der Waals surface area contributed by atoms with Crippen LogP contribution in [-0.2, 0) is 13.1 Å². The molecular formula is C37H38ClN7O. The number of hydrogen-bond donors (Lipinski definition) is 2. The van der Waals surface area contributed by atoms with Crippen molar-refractivity contribution < 1.29 is 4.79 Å². The fraction of sp³-hybridized carbons (Fsp3) is 0.297. The lowest BCUT2D eigenvalue weighted by Crippen LogP contribution is -2.19. The van der Waals surface area contributed by atoms with E-state index in [2.05, 4.69) is 43.4 Å². The molecule has 1 amide bonds. The van der Waals surface area contributed by atoms with E-state index in [1.54, 1.807) is 12.3 Å². The number of amides is 1. The molecule has 7 rings (SSSR count). The first kappa shape index (κ1) is 30.3. The van der Waals surface area contributed by atoms with Crippen molar-refractivity contribution in [3.63, 3.8) is 0 Å². The van der Waals surface area contributed by atoms with E-state index in [1.165, 1.54) is 31.2 Å². The highest BCUT2D eigenvalue weighted by molar-refractivity contribution is 6.36. The largest absolute Gasteiger partial charge is 0.338 e. The topological polar surface area (TPSA) is 86.3 Å². The molecule has 3 aromatic heterocycles. The van der Waals surface area contributed by atoms with Gasteiger partial charge in [-0.25, -0.2) is 4.98 Å². The number of nitrogens with zero attached hydrogens (tertiary/aromatic N) is 5. The van der Waals surface area contributed by atoms with Crippen molar-refractivity contribution in [1.29, 1.82) is 0 Å². The van der Waals surface area contributed by atoms with E-state index in [1.807, 2.05) is 60.9 Å². The summed E-state index contributed by atoms with van der Waals surface area (Å²) in [7, 11) is 0. The van der Waals surface area contributed by atoms with E-state index in [4.69, 9.17) is 16.6 Å². The Bertz CT molecular complexity index is 1860. The number of benzene rings is 2. The SMILES string of the molecule is Cc1c(Nc2nccc3cc(CN4CCCC4)cnc23)cccc1-c1cccc(NC(=O)c2ccc(CN3CCCC3)cn2)c1Cl. The number of anilines is 3. The number of pyridine rings is 3. The van der Waals surface area contributed by atoms with Crippen LogP contribution in [0.1, 0.15) is 52.9 Å². The molecule has 9 heteroatoms. The standard InChI is InChI=1S/C37H38ClN7O/c1-25-29(8-6-10-31(25)42-36-35-28(14-15-39-36)20-27(22-41-35)24-45-18-4-5-19-45)30-9-7-11-32(34(30)38)43-37(46)33-13-12-26(21-40-33)23-44-16-2-3-17-44/h6-15,20-22H,2-5,16-19,23-24H2,1H3,(H,39,42)(H,43,46). The normalized spacial score (nSPS) is 15.4. The minimum atomic E-state index is -0.294. The van der Waals surface area contributed by atoms with Crippen LogP contribution in [0.4, 0.5) is 17.2 Å². The summed E-state index contributed by atoms with van der Waals surface area (Å²) in [6, 6.07) is 19.7. The second kappa shape index (κ2) is 13.5. The van der Waals surface area contributed by atoms with Gasteiger partial charge in [0.2, 0.25) is 0 Å². The highest BCUT2D eigenvalue weighted by Gasteiger charge is 2.18. The first-order valence-corrected chi connectivity index (χ1v) is 16.5. The van der Waals surface area contributed by atoms with E-state index >= 15 is 0 Å². The van der Waals surface area contributed by atoms with Gasteiger partial charge < -0.3 is 10.6 Å². The molecule has 8 nitrogen and oxygen atoms in total. The lowest BCUT2D eigenvalue weighted by atomic mass is 9.98. The lowest BCUT2D eigenvalue weighted by molar-refractivity contribution is 0.102. The van der Waals surface area contributed by atoms with Gasteiger partial charge in [0.1, 0.15) is 11.2 Å². The summed E-state index contributed by atoms with van der Waals surface area (Å²) in [4.78, 5) is 31.9. The monoisotopic (exact) mass is 631 g/mol. The zero-order valence-electron chi connectivity index (χ0n) is 26.1. The highest BCUT2D eigenvalue weighted by Crippen LogP contribution is 2.38. The molecule has 46 heavy (non-hydrogen) atoms. The summed E-state index contributed by atoms with van der Waals surface area (Å²) in [6.45, 7) is 8.39. The average Bonchev–Trinajstić information content (AvgIpc) is 3.78. The molecule has 2 saturated heterocycles. The smallest absolute Gasteiger partial charge is 0.274 e. The molecule has 5 heterocycles. The maximum absolute atomic E-state index is 13.1. The molecule has 0 atom stereocenters. The van der Waals surface area contributed by atoms with Gasteiger partial charge >= 0.3 is 0 Å². The predicted octanol–water partition coefficient (Wildman–Crippen LogP) is 7.84. The van der Waals surface area contributed by atoms with Gasteiger partial charge in [-0.15, -0.1) is 0 Å². The van der Waals surface area contributed by atoms with Crippen LogP contribution in [0.25, 0.3) is 22.0 Å².